The number of fused-ring (bicyclic) bond motifs is 2. The highest BCUT2D eigenvalue weighted by Crippen LogP contribution is 2.50. The van der Waals surface area contributed by atoms with E-state index in [-0.39, 0.29) is 46.2 Å². The Hall–Kier alpha value is -7.62. The maximum absolute atomic E-state index is 14.6. The van der Waals surface area contributed by atoms with Gasteiger partial charge in [-0.15, -0.1) is 19.9 Å². The molecule has 286 valence electrons. The lowest BCUT2D eigenvalue weighted by atomic mass is 9.71. The summed E-state index contributed by atoms with van der Waals surface area (Å²) in [7, 11) is 0. The van der Waals surface area contributed by atoms with Crippen molar-refractivity contribution in [2.45, 2.75) is 17.4 Å². The van der Waals surface area contributed by atoms with E-state index in [4.69, 9.17) is 4.84 Å². The fourth-order valence-electron chi connectivity index (χ4n) is 7.32. The van der Waals surface area contributed by atoms with Gasteiger partial charge in [-0.05, 0) is 53.1 Å². The number of amides is 2. The lowest BCUT2D eigenvalue weighted by Gasteiger charge is -2.27. The Kier molecular flexibility index (Phi) is 8.87. The van der Waals surface area contributed by atoms with Crippen molar-refractivity contribution < 1.29 is 47.4 Å². The minimum absolute atomic E-state index is 0.00899. The second-order valence-corrected chi connectivity index (χ2v) is 13.1. The number of nitrogens with zero attached hydrogens (tertiary/aromatic N) is 4. The minimum Gasteiger partial charge on any atom is -0.508 e. The van der Waals surface area contributed by atoms with Crippen LogP contribution in [-0.4, -0.2) is 47.1 Å². The number of carbonyl (C=O) groups excluding carboxylic acids is 2. The molecule has 7 aromatic rings. The van der Waals surface area contributed by atoms with Crippen LogP contribution in [0.4, 0.5) is 28.9 Å². The molecule has 2 aliphatic heterocycles. The third-order valence-corrected chi connectivity index (χ3v) is 9.96. The molecule has 5 aromatic carbocycles. The minimum atomic E-state index is -1.54. The molecule has 2 atom stereocenters. The topological polar surface area (TPSA) is 164 Å². The fourth-order valence-corrected chi connectivity index (χ4v) is 7.32. The summed E-state index contributed by atoms with van der Waals surface area (Å²) >= 11 is 0. The average Bonchev–Trinajstić information content (AvgIpc) is 4.00. The number of aromatic nitrogens is 4. The Morgan fingerprint density at radius 2 is 1.07 bits per heavy atom. The molecule has 2 unspecified atom stereocenters. The molecule has 0 fully saturated rings. The summed E-state index contributed by atoms with van der Waals surface area (Å²) in [5, 5.41) is 41.6. The molecule has 0 bridgehead atoms. The van der Waals surface area contributed by atoms with E-state index in [0.29, 0.717) is 21.5 Å². The SMILES string of the molecule is O=C1Nc2c(ccc(F)c2F)C1(c1ccc(O)cc1)c1cnn(O)c1.O=C1Nc2c(ccc(F)c2F)C1(c1ccc(O)cc1)c1cnn(OCc2ccccc2)c1. The molecule has 2 aromatic heterocycles. The van der Waals surface area contributed by atoms with Crippen LogP contribution in [-0.2, 0) is 27.0 Å². The van der Waals surface area contributed by atoms with Crippen molar-refractivity contribution in [1.29, 1.82) is 0 Å². The van der Waals surface area contributed by atoms with Crippen LogP contribution < -0.4 is 15.5 Å². The molecule has 4 heterocycles. The van der Waals surface area contributed by atoms with Gasteiger partial charge in [-0.1, -0.05) is 66.7 Å². The normalized spacial score (nSPS) is 17.9. The number of carbonyl (C=O) groups is 2. The van der Waals surface area contributed by atoms with Gasteiger partial charge in [0.2, 0.25) is 11.8 Å². The zero-order valence-corrected chi connectivity index (χ0v) is 29.2. The van der Waals surface area contributed by atoms with Gasteiger partial charge >= 0.3 is 0 Å². The molecule has 9 rings (SSSR count). The number of phenols is 2. The molecule has 2 aliphatic rings. The van der Waals surface area contributed by atoms with Crippen LogP contribution in [0, 0.1) is 23.3 Å². The van der Waals surface area contributed by atoms with E-state index in [0.717, 1.165) is 17.7 Å². The fraction of sp³-hybridized carbons (Fsp3) is 0.0732. The molecule has 2 amide bonds. The van der Waals surface area contributed by atoms with Crippen LogP contribution >= 0.6 is 0 Å². The van der Waals surface area contributed by atoms with Gasteiger partial charge in [-0.3, -0.25) is 9.59 Å². The first kappa shape index (κ1) is 36.4. The summed E-state index contributed by atoms with van der Waals surface area (Å²) in [4.78, 5) is 33.7. The Labute approximate surface area is 319 Å². The largest absolute Gasteiger partial charge is 0.508 e. The van der Waals surface area contributed by atoms with Gasteiger partial charge in [0.05, 0.1) is 36.2 Å². The van der Waals surface area contributed by atoms with Crippen molar-refractivity contribution in [3.8, 4) is 11.5 Å². The Morgan fingerprint density at radius 3 is 1.54 bits per heavy atom. The number of halogens is 4. The van der Waals surface area contributed by atoms with E-state index in [2.05, 4.69) is 20.8 Å². The van der Waals surface area contributed by atoms with Crippen molar-refractivity contribution in [3.05, 3.63) is 190 Å². The quantitative estimate of drug-likeness (QED) is 0.0948. The molecular weight excluding hydrogens is 748 g/mol. The Bertz CT molecular complexity index is 2670. The van der Waals surface area contributed by atoms with E-state index in [1.165, 1.54) is 78.2 Å². The van der Waals surface area contributed by atoms with Crippen LogP contribution in [0.25, 0.3) is 0 Å². The van der Waals surface area contributed by atoms with Crippen molar-refractivity contribution in [3.63, 3.8) is 0 Å². The zero-order valence-electron chi connectivity index (χ0n) is 29.2. The van der Waals surface area contributed by atoms with Crippen LogP contribution in [0.3, 0.4) is 0 Å². The van der Waals surface area contributed by atoms with Gasteiger partial charge in [0.15, 0.2) is 23.3 Å². The van der Waals surface area contributed by atoms with Gasteiger partial charge in [-0.25, -0.2) is 17.6 Å². The van der Waals surface area contributed by atoms with Gasteiger partial charge < -0.3 is 30.9 Å². The third kappa shape index (κ3) is 5.85. The average molecular weight is 777 g/mol. The first-order valence-corrected chi connectivity index (χ1v) is 17.1. The number of hydrogen-bond acceptors (Lipinski definition) is 8. The Balaban J connectivity index is 0.000000165. The zero-order chi connectivity index (χ0) is 40.1. The van der Waals surface area contributed by atoms with E-state index >= 15 is 0 Å². The van der Waals surface area contributed by atoms with Crippen molar-refractivity contribution in [2.24, 2.45) is 0 Å². The summed E-state index contributed by atoms with van der Waals surface area (Å²) in [5.41, 5.74) is -0.638. The molecule has 0 saturated carbocycles. The summed E-state index contributed by atoms with van der Waals surface area (Å²) in [6, 6.07) is 25.8. The number of aromatic hydroxyl groups is 2. The predicted octanol–water partition coefficient (Wildman–Crippen LogP) is 6.17. The highest BCUT2D eigenvalue weighted by molar-refractivity contribution is 6.12. The number of rotatable bonds is 7. The molecule has 0 aliphatic carbocycles. The number of phenolic OH excluding ortho intramolecular Hbond substituents is 2. The second-order valence-electron chi connectivity index (χ2n) is 13.1. The van der Waals surface area contributed by atoms with Gasteiger partial charge in [0.25, 0.3) is 0 Å². The van der Waals surface area contributed by atoms with E-state index in [1.807, 2.05) is 30.3 Å². The molecule has 57 heavy (non-hydrogen) atoms. The molecule has 0 radical (unpaired) electrons. The Morgan fingerprint density at radius 1 is 0.596 bits per heavy atom. The number of benzene rings is 5. The first-order chi connectivity index (χ1) is 27.4. The molecule has 0 saturated heterocycles. The maximum atomic E-state index is 14.6. The molecule has 16 heteroatoms. The lowest BCUT2D eigenvalue weighted by Crippen LogP contribution is -2.36. The van der Waals surface area contributed by atoms with Crippen LogP contribution in [0.5, 0.6) is 11.5 Å². The summed E-state index contributed by atoms with van der Waals surface area (Å²) in [5.74, 6) is -5.63. The van der Waals surface area contributed by atoms with E-state index < -0.39 is 45.9 Å². The standard InChI is InChI=1S/C24H17F2N3O3.C17H11F2N3O3/c25-20-11-10-19-22(21(20)26)28-23(31)24(19,16-6-8-18(30)9-7-16)17-12-27-29(13-17)32-14-15-4-2-1-3-5-15;18-13-6-5-12-15(14(13)19)21-16(24)17(12,10-7-20-22(25)8-10)9-1-3-11(23)4-2-9/h1-13,30H,14H2,(H,28,31);1-8,23,25H,(H,21,24). The number of nitrogens with one attached hydrogen (secondary N) is 2. The third-order valence-electron chi connectivity index (χ3n) is 9.96. The maximum Gasteiger partial charge on any atom is 0.244 e. The smallest absolute Gasteiger partial charge is 0.244 e. The van der Waals surface area contributed by atoms with Gasteiger partial charge in [0, 0.05) is 22.3 Å². The monoisotopic (exact) mass is 776 g/mol. The number of hydrogen-bond donors (Lipinski definition) is 5. The van der Waals surface area contributed by atoms with Crippen LogP contribution in [0.2, 0.25) is 0 Å². The predicted molar refractivity (Wildman–Crippen MR) is 194 cm³/mol. The van der Waals surface area contributed by atoms with Crippen LogP contribution in [0.1, 0.15) is 38.9 Å². The highest BCUT2D eigenvalue weighted by atomic mass is 19.2. The summed E-state index contributed by atoms with van der Waals surface area (Å²) in [6.07, 6.45) is 5.46. The second kappa shape index (κ2) is 13.9. The highest BCUT2D eigenvalue weighted by Gasteiger charge is 2.53. The first-order valence-electron chi connectivity index (χ1n) is 17.1. The van der Waals surface area contributed by atoms with Crippen molar-refractivity contribution in [2.75, 3.05) is 10.6 Å². The summed E-state index contributed by atoms with van der Waals surface area (Å²) in [6.45, 7) is 0.247. The van der Waals surface area contributed by atoms with E-state index in [9.17, 15) is 42.6 Å². The lowest BCUT2D eigenvalue weighted by molar-refractivity contribution is -0.119. The molecule has 12 nitrogen and oxygen atoms in total. The van der Waals surface area contributed by atoms with Gasteiger partial charge in [-0.2, -0.15) is 0 Å². The molecular formula is C41H28F4N6O6. The van der Waals surface area contributed by atoms with Crippen molar-refractivity contribution in [1.82, 2.24) is 19.9 Å². The van der Waals surface area contributed by atoms with Gasteiger partial charge in [0.1, 0.15) is 28.9 Å². The number of anilines is 2. The molecule has 5 N–H and O–H groups in total. The van der Waals surface area contributed by atoms with Crippen LogP contribution in [0.15, 0.2) is 128 Å². The summed E-state index contributed by atoms with van der Waals surface area (Å²) < 4.78 is 56.3. The van der Waals surface area contributed by atoms with E-state index in [1.54, 1.807) is 12.1 Å². The molecule has 0 spiro atoms. The van der Waals surface area contributed by atoms with Crippen molar-refractivity contribution >= 4 is 23.2 Å².